The van der Waals surface area contributed by atoms with Crippen molar-refractivity contribution in [3.05, 3.63) is 132 Å². The molecule has 0 bridgehead atoms. The van der Waals surface area contributed by atoms with E-state index in [9.17, 15) is 18.0 Å². The Balaban J connectivity index is 1.57. The molecule has 45 heavy (non-hydrogen) atoms. The van der Waals surface area contributed by atoms with Crippen molar-refractivity contribution in [1.82, 2.24) is 10.8 Å². The lowest BCUT2D eigenvalue weighted by Gasteiger charge is -2.27. The Hall–Kier alpha value is -4.67. The third-order valence-corrected chi connectivity index (χ3v) is 9.46. The number of aryl methyl sites for hydroxylation is 1. The van der Waals surface area contributed by atoms with Gasteiger partial charge in [-0.05, 0) is 60.2 Å². The Bertz CT molecular complexity index is 1580. The third kappa shape index (κ3) is 10.2. The number of alkyl carbamates (subject to hydrolysis) is 1. The van der Waals surface area contributed by atoms with Crippen LogP contribution in [0.4, 0.5) is 4.79 Å². The Morgan fingerprint density at radius 3 is 1.84 bits per heavy atom. The quantitative estimate of drug-likeness (QED) is 0.119. The molecule has 0 aliphatic heterocycles. The fraction of sp³-hybridized carbons (Fsp3) is 0.257. The number of methoxy groups -OCH3 is 1. The van der Waals surface area contributed by atoms with E-state index in [0.717, 1.165) is 23.1 Å². The number of hydroxylamine groups is 1. The minimum Gasteiger partial charge on any atom is -0.497 e. The first-order valence-electron chi connectivity index (χ1n) is 14.7. The standard InChI is InChI=1S/C35H38N2O7S/c1-42-30-21-23-31(24-22-30)45(40,41)32(20-12-11-15-27-13-5-2-6-14-27)33(34(38)37-44-26-29-18-9-4-10-19-29)36-35(39)43-25-28-16-7-3-8-17-28/h2-10,13-14,16-19,21-24,32-33H,11-12,15,20,25-26H2,1H3,(H,36,39)(H,37,38)/t32-,33+/m1/s1. The molecule has 10 heteroatoms. The van der Waals surface area contributed by atoms with E-state index in [1.54, 1.807) is 24.3 Å². The van der Waals surface area contributed by atoms with Crippen molar-refractivity contribution in [1.29, 1.82) is 0 Å². The predicted molar refractivity (Wildman–Crippen MR) is 171 cm³/mol. The van der Waals surface area contributed by atoms with Crippen molar-refractivity contribution in [3.8, 4) is 5.75 Å². The second-order valence-corrected chi connectivity index (χ2v) is 12.6. The number of unbranched alkanes of at least 4 members (excludes halogenated alkanes) is 1. The molecule has 2 amide bonds. The number of sulfone groups is 1. The molecule has 2 N–H and O–H groups in total. The number of nitrogens with one attached hydrogen (secondary N) is 2. The zero-order valence-electron chi connectivity index (χ0n) is 25.1. The third-order valence-electron chi connectivity index (χ3n) is 7.23. The molecule has 4 rings (SSSR count). The van der Waals surface area contributed by atoms with Crippen LogP contribution in [0.3, 0.4) is 0 Å². The minimum atomic E-state index is -4.15. The Morgan fingerprint density at radius 2 is 1.27 bits per heavy atom. The Morgan fingerprint density at radius 1 is 0.711 bits per heavy atom. The van der Waals surface area contributed by atoms with Crippen molar-refractivity contribution in [2.45, 2.75) is 55.1 Å². The lowest BCUT2D eigenvalue weighted by atomic mass is 10.0. The highest BCUT2D eigenvalue weighted by molar-refractivity contribution is 7.92. The van der Waals surface area contributed by atoms with E-state index in [4.69, 9.17) is 14.3 Å². The van der Waals surface area contributed by atoms with Gasteiger partial charge in [0, 0.05) is 0 Å². The largest absolute Gasteiger partial charge is 0.497 e. The van der Waals surface area contributed by atoms with Gasteiger partial charge in [-0.2, -0.15) is 0 Å². The first-order valence-corrected chi connectivity index (χ1v) is 16.3. The molecule has 4 aromatic carbocycles. The molecule has 9 nitrogen and oxygen atoms in total. The van der Waals surface area contributed by atoms with Gasteiger partial charge < -0.3 is 14.8 Å². The smallest absolute Gasteiger partial charge is 0.408 e. The van der Waals surface area contributed by atoms with Crippen molar-refractivity contribution in [3.63, 3.8) is 0 Å². The highest BCUT2D eigenvalue weighted by Gasteiger charge is 2.40. The fourth-order valence-electron chi connectivity index (χ4n) is 4.81. The molecule has 2 atom stereocenters. The summed E-state index contributed by atoms with van der Waals surface area (Å²) in [4.78, 5) is 32.1. The van der Waals surface area contributed by atoms with E-state index in [0.29, 0.717) is 18.6 Å². The summed E-state index contributed by atoms with van der Waals surface area (Å²) in [5, 5.41) is 1.21. The first kappa shape index (κ1) is 33.2. The number of benzene rings is 4. The topological polar surface area (TPSA) is 120 Å². The van der Waals surface area contributed by atoms with Gasteiger partial charge in [0.25, 0.3) is 5.91 Å². The summed E-state index contributed by atoms with van der Waals surface area (Å²) >= 11 is 0. The molecule has 0 unspecified atom stereocenters. The molecular weight excluding hydrogens is 592 g/mol. The number of carbonyl (C=O) groups excluding carboxylic acids is 2. The van der Waals surface area contributed by atoms with E-state index in [1.165, 1.54) is 19.2 Å². The van der Waals surface area contributed by atoms with E-state index in [-0.39, 0.29) is 24.5 Å². The monoisotopic (exact) mass is 630 g/mol. The predicted octanol–water partition coefficient (Wildman–Crippen LogP) is 5.79. The second-order valence-electron chi connectivity index (χ2n) is 10.4. The summed E-state index contributed by atoms with van der Waals surface area (Å²) in [6.07, 6.45) is 1.05. The number of ether oxygens (including phenoxy) is 2. The van der Waals surface area contributed by atoms with Crippen LogP contribution >= 0.6 is 0 Å². The van der Waals surface area contributed by atoms with Gasteiger partial charge in [0.05, 0.1) is 23.9 Å². The number of amides is 2. The van der Waals surface area contributed by atoms with E-state index in [2.05, 4.69) is 10.8 Å². The minimum absolute atomic E-state index is 0.00110. The molecule has 0 spiro atoms. The van der Waals surface area contributed by atoms with Crippen LogP contribution in [0.15, 0.2) is 120 Å². The van der Waals surface area contributed by atoms with Crippen molar-refractivity contribution >= 4 is 21.8 Å². The molecule has 0 aliphatic carbocycles. The van der Waals surface area contributed by atoms with Crippen LogP contribution in [0.2, 0.25) is 0 Å². The summed E-state index contributed by atoms with van der Waals surface area (Å²) in [7, 11) is -2.66. The normalized spacial score (nSPS) is 12.5. The first-order chi connectivity index (χ1) is 21.9. The zero-order chi connectivity index (χ0) is 31.9. The lowest BCUT2D eigenvalue weighted by Crippen LogP contribution is -2.55. The van der Waals surface area contributed by atoms with Crippen LogP contribution in [0, 0.1) is 0 Å². The van der Waals surface area contributed by atoms with Crippen LogP contribution < -0.4 is 15.5 Å². The van der Waals surface area contributed by atoms with Gasteiger partial charge in [0.2, 0.25) is 0 Å². The summed E-state index contributed by atoms with van der Waals surface area (Å²) in [5.41, 5.74) is 5.02. The SMILES string of the molecule is COc1ccc(S(=O)(=O)[C@H](CCCCc2ccccc2)[C@H](NC(=O)OCc2ccccc2)C(=O)NOCc2ccccc2)cc1. The van der Waals surface area contributed by atoms with Crippen molar-refractivity contribution in [2.75, 3.05) is 7.11 Å². The number of hydrogen-bond donors (Lipinski definition) is 2. The molecule has 4 aromatic rings. The number of rotatable bonds is 16. The molecule has 0 aromatic heterocycles. The summed E-state index contributed by atoms with van der Waals surface area (Å²) in [5.74, 6) is -0.327. The Kier molecular flexibility index (Phi) is 12.5. The maximum absolute atomic E-state index is 14.1. The van der Waals surface area contributed by atoms with Gasteiger partial charge in [-0.3, -0.25) is 9.63 Å². The van der Waals surface area contributed by atoms with Gasteiger partial charge >= 0.3 is 6.09 Å². The van der Waals surface area contributed by atoms with Gasteiger partial charge in [-0.15, -0.1) is 0 Å². The molecular formula is C35H38N2O7S. The molecule has 0 heterocycles. The van der Waals surface area contributed by atoms with E-state index < -0.39 is 33.1 Å². The van der Waals surface area contributed by atoms with E-state index in [1.807, 2.05) is 78.9 Å². The van der Waals surface area contributed by atoms with Gasteiger partial charge in [0.15, 0.2) is 9.84 Å². The molecule has 0 aliphatic rings. The second kappa shape index (κ2) is 17.0. The van der Waals surface area contributed by atoms with Gasteiger partial charge in [-0.1, -0.05) is 97.4 Å². The van der Waals surface area contributed by atoms with Crippen LogP contribution in [-0.4, -0.2) is 38.8 Å². The van der Waals surface area contributed by atoms with Crippen LogP contribution in [0.5, 0.6) is 5.75 Å². The van der Waals surface area contributed by atoms with Crippen LogP contribution in [0.25, 0.3) is 0 Å². The highest BCUT2D eigenvalue weighted by atomic mass is 32.2. The molecule has 0 fully saturated rings. The zero-order valence-corrected chi connectivity index (χ0v) is 25.9. The Labute approximate surface area is 264 Å². The average Bonchev–Trinajstić information content (AvgIpc) is 3.08. The molecule has 0 radical (unpaired) electrons. The lowest BCUT2D eigenvalue weighted by molar-refractivity contribution is -0.136. The average molecular weight is 631 g/mol. The van der Waals surface area contributed by atoms with Crippen LogP contribution in [0.1, 0.15) is 36.0 Å². The maximum atomic E-state index is 14.1. The number of hydrogen-bond acceptors (Lipinski definition) is 7. The van der Waals surface area contributed by atoms with Gasteiger partial charge in [0.1, 0.15) is 18.4 Å². The summed E-state index contributed by atoms with van der Waals surface area (Å²) in [6.45, 7) is -0.0107. The van der Waals surface area contributed by atoms with Crippen LogP contribution in [-0.2, 0) is 43.8 Å². The van der Waals surface area contributed by atoms with E-state index >= 15 is 0 Å². The van der Waals surface area contributed by atoms with Crippen molar-refractivity contribution < 1.29 is 32.3 Å². The maximum Gasteiger partial charge on any atom is 0.408 e. The highest BCUT2D eigenvalue weighted by Crippen LogP contribution is 2.26. The fourth-order valence-corrected chi connectivity index (χ4v) is 6.70. The van der Waals surface area contributed by atoms with Crippen molar-refractivity contribution in [2.24, 2.45) is 0 Å². The molecule has 0 saturated carbocycles. The summed E-state index contributed by atoms with van der Waals surface area (Å²) in [6, 6.07) is 32.5. The van der Waals surface area contributed by atoms with Gasteiger partial charge in [-0.25, -0.2) is 18.7 Å². The molecule has 236 valence electrons. The number of carbonyl (C=O) groups is 2. The summed E-state index contributed by atoms with van der Waals surface area (Å²) < 4.78 is 38.9. The molecule has 0 saturated heterocycles.